The highest BCUT2D eigenvalue weighted by Gasteiger charge is 2.52. The zero-order valence-corrected chi connectivity index (χ0v) is 11.2. The van der Waals surface area contributed by atoms with E-state index in [2.05, 4.69) is 15.8 Å². The van der Waals surface area contributed by atoms with Crippen molar-refractivity contribution >= 4 is 17.8 Å². The summed E-state index contributed by atoms with van der Waals surface area (Å²) in [4.78, 5) is 37.0. The van der Waals surface area contributed by atoms with Gasteiger partial charge in [-0.2, -0.15) is 0 Å². The molecule has 1 aliphatic carbocycles. The van der Waals surface area contributed by atoms with Crippen LogP contribution in [0.2, 0.25) is 0 Å². The number of hydrogen-bond donors (Lipinski definition) is 2. The monoisotopic (exact) mass is 290 g/mol. The maximum Gasteiger partial charge on any atom is 0.322 e. The first-order valence-corrected chi connectivity index (χ1v) is 6.97. The highest BCUT2D eigenvalue weighted by molar-refractivity contribution is 6.08. The Morgan fingerprint density at radius 1 is 1.43 bits per heavy atom. The lowest BCUT2D eigenvalue weighted by Crippen LogP contribution is -2.49. The maximum absolute atomic E-state index is 12.4. The van der Waals surface area contributed by atoms with Crippen LogP contribution in [0.15, 0.2) is 10.6 Å². The Hall–Kier alpha value is -2.38. The Kier molecular flexibility index (Phi) is 2.39. The predicted octanol–water partition coefficient (Wildman–Crippen LogP) is -0.0239. The van der Waals surface area contributed by atoms with Crippen molar-refractivity contribution in [1.29, 1.82) is 0 Å². The molecule has 4 rings (SSSR count). The number of hydrogen-bond acceptors (Lipinski definition) is 5. The van der Waals surface area contributed by atoms with Gasteiger partial charge in [-0.25, -0.2) is 4.79 Å². The summed E-state index contributed by atoms with van der Waals surface area (Å²) in [6.45, 7) is 0.563. The third-order valence-corrected chi connectivity index (χ3v) is 4.30. The van der Waals surface area contributed by atoms with Crippen LogP contribution >= 0.6 is 0 Å². The van der Waals surface area contributed by atoms with E-state index in [1.807, 2.05) is 0 Å². The van der Waals surface area contributed by atoms with E-state index in [1.54, 1.807) is 6.07 Å². The van der Waals surface area contributed by atoms with Crippen molar-refractivity contribution in [3.05, 3.63) is 17.5 Å². The molecule has 0 aromatic carbocycles. The summed E-state index contributed by atoms with van der Waals surface area (Å²) >= 11 is 0. The number of amides is 4. The zero-order valence-electron chi connectivity index (χ0n) is 11.2. The van der Waals surface area contributed by atoms with Crippen LogP contribution in [0.25, 0.3) is 0 Å². The first-order chi connectivity index (χ1) is 10.1. The second-order valence-electron chi connectivity index (χ2n) is 5.86. The predicted molar refractivity (Wildman–Crippen MR) is 68.4 cm³/mol. The summed E-state index contributed by atoms with van der Waals surface area (Å²) in [5.41, 5.74) is -0.728. The summed E-state index contributed by atoms with van der Waals surface area (Å²) in [6, 6.07) is 1.17. The Bertz CT molecular complexity index is 650. The molecule has 4 amide bonds. The van der Waals surface area contributed by atoms with Crippen LogP contribution in [0, 0.1) is 0 Å². The molecular formula is C13H14N4O4. The number of nitrogens with one attached hydrogen (secondary N) is 2. The number of rotatable bonds is 2. The third-order valence-electron chi connectivity index (χ3n) is 4.30. The summed E-state index contributed by atoms with van der Waals surface area (Å²) in [5, 5.41) is 8.64. The molecule has 1 aromatic rings. The number of carbonyl (C=O) groups excluding carboxylic acids is 3. The fourth-order valence-corrected chi connectivity index (χ4v) is 2.91. The van der Waals surface area contributed by atoms with Crippen LogP contribution in [-0.4, -0.2) is 46.5 Å². The van der Waals surface area contributed by atoms with E-state index in [-0.39, 0.29) is 24.1 Å². The zero-order chi connectivity index (χ0) is 14.6. The summed E-state index contributed by atoms with van der Waals surface area (Å²) in [6.07, 6.45) is 2.55. The van der Waals surface area contributed by atoms with Gasteiger partial charge < -0.3 is 14.7 Å². The average molecular weight is 290 g/mol. The standard InChI is InChI=1S/C13H14N4O4/c18-10(8-5-9(21-16-8)7-1-2-7)17-4-3-13(6-17)11(19)14-12(20)15-13/h5,7H,1-4,6H2,(H2,14,15,19,20). The molecule has 8 nitrogen and oxygen atoms in total. The van der Waals surface area contributed by atoms with E-state index in [0.29, 0.717) is 18.9 Å². The van der Waals surface area contributed by atoms with E-state index in [1.165, 1.54) is 4.90 Å². The molecule has 1 aromatic heterocycles. The lowest BCUT2D eigenvalue weighted by Gasteiger charge is -2.20. The fourth-order valence-electron chi connectivity index (χ4n) is 2.91. The topological polar surface area (TPSA) is 105 Å². The minimum atomic E-state index is -0.990. The highest BCUT2D eigenvalue weighted by atomic mass is 16.5. The van der Waals surface area contributed by atoms with E-state index < -0.39 is 11.6 Å². The van der Waals surface area contributed by atoms with Crippen molar-refractivity contribution < 1.29 is 18.9 Å². The molecule has 3 heterocycles. The van der Waals surface area contributed by atoms with E-state index in [9.17, 15) is 14.4 Å². The largest absolute Gasteiger partial charge is 0.360 e. The number of urea groups is 1. The molecule has 0 radical (unpaired) electrons. The number of aromatic nitrogens is 1. The molecule has 0 bridgehead atoms. The number of nitrogens with zero attached hydrogens (tertiary/aromatic N) is 2. The van der Waals surface area contributed by atoms with Gasteiger partial charge in [-0.05, 0) is 19.3 Å². The molecule has 2 saturated heterocycles. The highest BCUT2D eigenvalue weighted by Crippen LogP contribution is 2.40. The van der Waals surface area contributed by atoms with Gasteiger partial charge in [0.1, 0.15) is 11.3 Å². The van der Waals surface area contributed by atoms with E-state index >= 15 is 0 Å². The molecule has 1 spiro atoms. The number of likely N-dealkylation sites (tertiary alicyclic amines) is 1. The summed E-state index contributed by atoms with van der Waals surface area (Å²) in [7, 11) is 0. The van der Waals surface area contributed by atoms with Crippen LogP contribution in [0.4, 0.5) is 4.79 Å². The van der Waals surface area contributed by atoms with Crippen LogP contribution in [-0.2, 0) is 4.79 Å². The van der Waals surface area contributed by atoms with Crippen LogP contribution in [0.1, 0.15) is 41.4 Å². The lowest BCUT2D eigenvalue weighted by atomic mass is 10.00. The average Bonchev–Trinajstić information content (AvgIpc) is 2.93. The van der Waals surface area contributed by atoms with E-state index in [0.717, 1.165) is 18.6 Å². The second kappa shape index (κ2) is 4.06. The first kappa shape index (κ1) is 12.4. The van der Waals surface area contributed by atoms with E-state index in [4.69, 9.17) is 4.52 Å². The SMILES string of the molecule is O=C1NC(=O)C2(CCN(C(=O)c3cc(C4CC4)on3)C2)N1. The normalized spacial score (nSPS) is 28.1. The molecule has 110 valence electrons. The van der Waals surface area contributed by atoms with Crippen molar-refractivity contribution in [3.8, 4) is 0 Å². The fraction of sp³-hybridized carbons (Fsp3) is 0.538. The molecule has 1 unspecified atom stereocenters. The Labute approximate surface area is 119 Å². The number of carbonyl (C=O) groups is 3. The molecular weight excluding hydrogens is 276 g/mol. The number of imide groups is 1. The summed E-state index contributed by atoms with van der Waals surface area (Å²) in [5.74, 6) is 0.501. The Balaban J connectivity index is 1.50. The minimum Gasteiger partial charge on any atom is -0.360 e. The molecule has 2 N–H and O–H groups in total. The lowest BCUT2D eigenvalue weighted by molar-refractivity contribution is -0.123. The smallest absolute Gasteiger partial charge is 0.322 e. The molecule has 21 heavy (non-hydrogen) atoms. The van der Waals surface area contributed by atoms with Crippen molar-refractivity contribution in [2.75, 3.05) is 13.1 Å². The van der Waals surface area contributed by atoms with Gasteiger partial charge in [0.25, 0.3) is 11.8 Å². The van der Waals surface area contributed by atoms with Gasteiger partial charge in [-0.1, -0.05) is 5.16 Å². The summed E-state index contributed by atoms with van der Waals surface area (Å²) < 4.78 is 5.18. The molecule has 2 aliphatic heterocycles. The maximum atomic E-state index is 12.4. The van der Waals surface area contributed by atoms with Crippen molar-refractivity contribution in [1.82, 2.24) is 20.7 Å². The molecule has 1 atom stereocenters. The van der Waals surface area contributed by atoms with Gasteiger partial charge in [-0.3, -0.25) is 14.9 Å². The van der Waals surface area contributed by atoms with Gasteiger partial charge >= 0.3 is 6.03 Å². The third kappa shape index (κ3) is 1.90. The van der Waals surface area contributed by atoms with Gasteiger partial charge in [0.2, 0.25) is 0 Å². The van der Waals surface area contributed by atoms with Crippen molar-refractivity contribution in [2.24, 2.45) is 0 Å². The van der Waals surface area contributed by atoms with Gasteiger partial charge in [0, 0.05) is 18.5 Å². The van der Waals surface area contributed by atoms with Gasteiger partial charge in [0.15, 0.2) is 5.69 Å². The quantitative estimate of drug-likeness (QED) is 0.745. The molecule has 8 heteroatoms. The van der Waals surface area contributed by atoms with Crippen LogP contribution in [0.5, 0.6) is 0 Å². The second-order valence-corrected chi connectivity index (χ2v) is 5.86. The van der Waals surface area contributed by atoms with Gasteiger partial charge in [0.05, 0.1) is 6.54 Å². The molecule has 3 aliphatic rings. The van der Waals surface area contributed by atoms with Gasteiger partial charge in [-0.15, -0.1) is 0 Å². The van der Waals surface area contributed by atoms with Crippen LogP contribution < -0.4 is 10.6 Å². The van der Waals surface area contributed by atoms with Crippen LogP contribution in [0.3, 0.4) is 0 Å². The Morgan fingerprint density at radius 3 is 2.90 bits per heavy atom. The van der Waals surface area contributed by atoms with Crippen molar-refractivity contribution in [3.63, 3.8) is 0 Å². The molecule has 3 fully saturated rings. The Morgan fingerprint density at radius 2 is 2.24 bits per heavy atom. The first-order valence-electron chi connectivity index (χ1n) is 6.97. The minimum absolute atomic E-state index is 0.162. The molecule has 1 saturated carbocycles. The van der Waals surface area contributed by atoms with Crippen molar-refractivity contribution in [2.45, 2.75) is 30.7 Å².